The highest BCUT2D eigenvalue weighted by atomic mass is 16.5. The van der Waals surface area contributed by atoms with Crippen LogP contribution in [0.4, 0.5) is 5.69 Å². The van der Waals surface area contributed by atoms with E-state index in [2.05, 4.69) is 5.32 Å². The summed E-state index contributed by atoms with van der Waals surface area (Å²) in [6.07, 6.45) is 1.66. The molecule has 0 amide bonds. The lowest BCUT2D eigenvalue weighted by Gasteiger charge is -2.28. The van der Waals surface area contributed by atoms with Crippen LogP contribution in [-0.4, -0.2) is 25.3 Å². The van der Waals surface area contributed by atoms with Crippen LogP contribution >= 0.6 is 0 Å². The molecule has 2 atom stereocenters. The van der Waals surface area contributed by atoms with Gasteiger partial charge in [-0.1, -0.05) is 6.07 Å². The highest BCUT2D eigenvalue weighted by Gasteiger charge is 2.24. The van der Waals surface area contributed by atoms with Gasteiger partial charge in [0.05, 0.1) is 13.2 Å². The van der Waals surface area contributed by atoms with Gasteiger partial charge in [0.1, 0.15) is 5.75 Å². The monoisotopic (exact) mass is 236 g/mol. The quantitative estimate of drug-likeness (QED) is 0.692. The van der Waals surface area contributed by atoms with Gasteiger partial charge in [-0.3, -0.25) is 0 Å². The molecule has 1 aliphatic rings. The lowest BCUT2D eigenvalue weighted by atomic mass is 9.89. The van der Waals surface area contributed by atoms with E-state index in [1.165, 1.54) is 0 Å². The normalized spacial score (nSPS) is 22.1. The van der Waals surface area contributed by atoms with E-state index >= 15 is 0 Å². The van der Waals surface area contributed by atoms with E-state index in [9.17, 15) is 5.11 Å². The van der Waals surface area contributed by atoms with Gasteiger partial charge in [-0.2, -0.15) is 0 Å². The summed E-state index contributed by atoms with van der Waals surface area (Å²) in [6, 6.07) is 5.45. The van der Waals surface area contributed by atoms with E-state index in [4.69, 9.17) is 10.5 Å². The van der Waals surface area contributed by atoms with Crippen LogP contribution in [0.25, 0.3) is 0 Å². The van der Waals surface area contributed by atoms with Crippen molar-refractivity contribution in [2.24, 2.45) is 5.92 Å². The molecular weight excluding hydrogens is 216 g/mol. The summed E-state index contributed by atoms with van der Waals surface area (Å²) >= 11 is 0. The molecule has 4 nitrogen and oxygen atoms in total. The number of anilines is 1. The topological polar surface area (TPSA) is 67.5 Å². The Bertz CT molecular complexity index is 376. The molecule has 2 rings (SSSR count). The second-order valence-corrected chi connectivity index (χ2v) is 4.55. The summed E-state index contributed by atoms with van der Waals surface area (Å²) in [5.41, 5.74) is 7.35. The van der Waals surface area contributed by atoms with Crippen LogP contribution in [0.2, 0.25) is 0 Å². The predicted molar refractivity (Wildman–Crippen MR) is 68.0 cm³/mol. The molecule has 1 aromatic carbocycles. The second kappa shape index (κ2) is 5.38. The summed E-state index contributed by atoms with van der Waals surface area (Å²) in [4.78, 5) is 0. The molecule has 0 spiro atoms. The summed E-state index contributed by atoms with van der Waals surface area (Å²) in [5, 5.41) is 13.6. The van der Waals surface area contributed by atoms with Crippen molar-refractivity contribution < 1.29 is 9.84 Å². The largest absolute Gasteiger partial charge is 0.497 e. The number of ether oxygens (including phenoxy) is 1. The minimum Gasteiger partial charge on any atom is -0.497 e. The summed E-state index contributed by atoms with van der Waals surface area (Å²) in [5.74, 6) is 0.972. The molecule has 94 valence electrons. The Morgan fingerprint density at radius 3 is 2.94 bits per heavy atom. The molecule has 2 unspecified atom stereocenters. The summed E-state index contributed by atoms with van der Waals surface area (Å²) < 4.78 is 5.10. The maximum Gasteiger partial charge on any atom is 0.120 e. The zero-order valence-electron chi connectivity index (χ0n) is 10.1. The van der Waals surface area contributed by atoms with Crippen molar-refractivity contribution >= 4 is 5.69 Å². The predicted octanol–water partition coefficient (Wildman–Crippen LogP) is 1.31. The van der Waals surface area contributed by atoms with Crippen LogP contribution in [0.15, 0.2) is 18.2 Å². The van der Waals surface area contributed by atoms with Gasteiger partial charge >= 0.3 is 0 Å². The number of aliphatic hydroxyl groups excluding tert-OH is 1. The maximum atomic E-state index is 10.3. The van der Waals surface area contributed by atoms with Gasteiger partial charge < -0.3 is 20.9 Å². The molecule has 0 aromatic heterocycles. The first-order valence-corrected chi connectivity index (χ1v) is 6.04. The molecule has 4 N–H and O–H groups in total. The summed E-state index contributed by atoms with van der Waals surface area (Å²) in [6.45, 7) is 1.90. The van der Waals surface area contributed by atoms with Gasteiger partial charge in [-0.05, 0) is 25.5 Å². The highest BCUT2D eigenvalue weighted by molar-refractivity contribution is 5.52. The van der Waals surface area contributed by atoms with Crippen LogP contribution < -0.4 is 15.8 Å². The third-order valence-electron chi connectivity index (χ3n) is 3.39. The fourth-order valence-electron chi connectivity index (χ4n) is 2.35. The van der Waals surface area contributed by atoms with Crippen molar-refractivity contribution in [2.45, 2.75) is 18.9 Å². The van der Waals surface area contributed by atoms with Gasteiger partial charge in [0.15, 0.2) is 0 Å². The Morgan fingerprint density at radius 1 is 1.53 bits per heavy atom. The lowest BCUT2D eigenvalue weighted by molar-refractivity contribution is 0.0927. The standard InChI is InChI=1S/C13H20N2O2/c1-17-10-4-5-11(12(14)7-10)13(16)9-3-2-6-15-8-9/h4-5,7,9,13,15-16H,2-3,6,8,14H2,1H3. The number of methoxy groups -OCH3 is 1. The van der Waals surface area contributed by atoms with Crippen LogP contribution in [0.1, 0.15) is 24.5 Å². The van der Waals surface area contributed by atoms with Crippen LogP contribution in [0.5, 0.6) is 5.75 Å². The Hall–Kier alpha value is -1.26. The van der Waals surface area contributed by atoms with E-state index in [1.807, 2.05) is 12.1 Å². The molecule has 1 aromatic rings. The smallest absolute Gasteiger partial charge is 0.120 e. The van der Waals surface area contributed by atoms with E-state index in [0.717, 1.165) is 37.2 Å². The number of rotatable bonds is 3. The number of piperidine rings is 1. The Balaban J connectivity index is 2.15. The number of aliphatic hydroxyl groups is 1. The van der Waals surface area contributed by atoms with E-state index in [1.54, 1.807) is 13.2 Å². The fraction of sp³-hybridized carbons (Fsp3) is 0.538. The molecule has 1 heterocycles. The Labute approximate surface area is 102 Å². The van der Waals surface area contributed by atoms with Crippen molar-refractivity contribution in [1.29, 1.82) is 0 Å². The number of benzene rings is 1. The maximum absolute atomic E-state index is 10.3. The van der Waals surface area contributed by atoms with Gasteiger partial charge in [-0.25, -0.2) is 0 Å². The highest BCUT2D eigenvalue weighted by Crippen LogP contribution is 2.32. The third-order valence-corrected chi connectivity index (χ3v) is 3.39. The van der Waals surface area contributed by atoms with Gasteiger partial charge in [0.2, 0.25) is 0 Å². The molecular formula is C13H20N2O2. The first kappa shape index (κ1) is 12.2. The first-order valence-electron chi connectivity index (χ1n) is 6.04. The van der Waals surface area contributed by atoms with Gasteiger partial charge in [-0.15, -0.1) is 0 Å². The van der Waals surface area contributed by atoms with Gasteiger partial charge in [0, 0.05) is 29.8 Å². The van der Waals surface area contributed by atoms with Crippen LogP contribution in [0.3, 0.4) is 0 Å². The minimum atomic E-state index is -0.492. The molecule has 1 fully saturated rings. The average molecular weight is 236 g/mol. The average Bonchev–Trinajstić information content (AvgIpc) is 2.39. The van der Waals surface area contributed by atoms with Crippen molar-refractivity contribution in [3.05, 3.63) is 23.8 Å². The zero-order chi connectivity index (χ0) is 12.3. The fourth-order valence-corrected chi connectivity index (χ4v) is 2.35. The number of nitrogen functional groups attached to an aromatic ring is 1. The third kappa shape index (κ3) is 2.70. The Kier molecular flexibility index (Phi) is 3.86. The Morgan fingerprint density at radius 2 is 2.35 bits per heavy atom. The summed E-state index contributed by atoms with van der Waals surface area (Å²) in [7, 11) is 1.61. The van der Waals surface area contributed by atoms with Crippen LogP contribution in [0, 0.1) is 5.92 Å². The molecule has 1 aliphatic heterocycles. The number of hydrogen-bond acceptors (Lipinski definition) is 4. The molecule has 4 heteroatoms. The number of hydrogen-bond donors (Lipinski definition) is 3. The van der Waals surface area contributed by atoms with Gasteiger partial charge in [0.25, 0.3) is 0 Å². The van der Waals surface area contributed by atoms with E-state index < -0.39 is 6.10 Å². The first-order chi connectivity index (χ1) is 8.22. The number of nitrogens with one attached hydrogen (secondary N) is 1. The van der Waals surface area contributed by atoms with Crippen molar-refractivity contribution in [3.8, 4) is 5.75 Å². The molecule has 0 aliphatic carbocycles. The second-order valence-electron chi connectivity index (χ2n) is 4.55. The SMILES string of the molecule is COc1ccc(C(O)C2CCCNC2)c(N)c1. The molecule has 0 bridgehead atoms. The minimum absolute atomic E-state index is 0.249. The lowest BCUT2D eigenvalue weighted by Crippen LogP contribution is -2.33. The van der Waals surface area contributed by atoms with Crippen molar-refractivity contribution in [3.63, 3.8) is 0 Å². The van der Waals surface area contributed by atoms with E-state index in [-0.39, 0.29) is 5.92 Å². The van der Waals surface area contributed by atoms with Crippen molar-refractivity contribution in [2.75, 3.05) is 25.9 Å². The number of nitrogens with two attached hydrogens (primary N) is 1. The molecule has 0 radical (unpaired) electrons. The van der Waals surface area contributed by atoms with Crippen molar-refractivity contribution in [1.82, 2.24) is 5.32 Å². The van der Waals surface area contributed by atoms with Crippen LogP contribution in [-0.2, 0) is 0 Å². The molecule has 17 heavy (non-hydrogen) atoms. The zero-order valence-corrected chi connectivity index (χ0v) is 10.1. The molecule has 1 saturated heterocycles. The molecule has 0 saturated carbocycles. The van der Waals surface area contributed by atoms with E-state index in [0.29, 0.717) is 5.69 Å².